The Balaban J connectivity index is 2.59. The second-order valence-corrected chi connectivity index (χ2v) is 2.03. The van der Waals surface area contributed by atoms with E-state index in [1.807, 2.05) is 0 Å². The van der Waals surface area contributed by atoms with E-state index < -0.39 is 0 Å². The highest BCUT2D eigenvalue weighted by molar-refractivity contribution is 4.63. The van der Waals surface area contributed by atoms with E-state index in [1.54, 1.807) is 27.9 Å². The summed E-state index contributed by atoms with van der Waals surface area (Å²) in [6.45, 7) is 0.686. The molecule has 0 aliphatic carbocycles. The smallest absolute Gasteiger partial charge is 0.245 e. The molecule has 4 nitrogen and oxygen atoms in total. The van der Waals surface area contributed by atoms with Gasteiger partial charge in [0.2, 0.25) is 6.33 Å². The van der Waals surface area contributed by atoms with Crippen LogP contribution in [0.5, 0.6) is 0 Å². The normalized spacial score (nSPS) is 10.2. The summed E-state index contributed by atoms with van der Waals surface area (Å²) in [4.78, 5) is 0. The molecule has 2 N–H and O–H groups in total. The summed E-state index contributed by atoms with van der Waals surface area (Å²) in [5, 5.41) is 17.1. The van der Waals surface area contributed by atoms with E-state index in [4.69, 9.17) is 10.2 Å². The molecule has 0 fully saturated rings. The Morgan fingerprint density at radius 2 is 2.20 bits per heavy atom. The Kier molecular flexibility index (Phi) is 2.42. The third-order valence-electron chi connectivity index (χ3n) is 1.27. The second kappa shape index (κ2) is 3.34. The quantitative estimate of drug-likeness (QED) is 0.518. The fourth-order valence-corrected chi connectivity index (χ4v) is 0.770. The molecule has 0 radical (unpaired) electrons. The first-order valence-corrected chi connectivity index (χ1v) is 3.13. The van der Waals surface area contributed by atoms with Crippen molar-refractivity contribution in [2.24, 2.45) is 0 Å². The third kappa shape index (κ3) is 1.55. The molecular formula is C6H11N2O2+. The van der Waals surface area contributed by atoms with Gasteiger partial charge in [0.05, 0.1) is 6.61 Å². The molecule has 0 saturated carbocycles. The molecule has 0 bridgehead atoms. The number of rotatable bonds is 3. The van der Waals surface area contributed by atoms with E-state index in [0.717, 1.165) is 0 Å². The highest BCUT2D eigenvalue weighted by Gasteiger charge is 1.99. The van der Waals surface area contributed by atoms with Gasteiger partial charge in [0.25, 0.3) is 0 Å². The summed E-state index contributed by atoms with van der Waals surface area (Å²) in [7, 11) is 0. The zero-order chi connectivity index (χ0) is 7.40. The summed E-state index contributed by atoms with van der Waals surface area (Å²) < 4.78 is 3.42. The predicted octanol–water partition coefficient (Wildman–Crippen LogP) is -1.28. The summed E-state index contributed by atoms with van der Waals surface area (Å²) in [6, 6.07) is 0. The van der Waals surface area contributed by atoms with Gasteiger partial charge in [0.15, 0.2) is 6.73 Å². The van der Waals surface area contributed by atoms with Crippen LogP contribution < -0.4 is 4.57 Å². The molecule has 4 heteroatoms. The number of hydrogen-bond acceptors (Lipinski definition) is 2. The maximum absolute atomic E-state index is 8.61. The molecule has 0 unspecified atom stereocenters. The van der Waals surface area contributed by atoms with Crippen LogP contribution in [0.25, 0.3) is 0 Å². The minimum Gasteiger partial charge on any atom is -0.392 e. The lowest BCUT2D eigenvalue weighted by molar-refractivity contribution is -0.697. The average molecular weight is 143 g/mol. The largest absolute Gasteiger partial charge is 0.392 e. The van der Waals surface area contributed by atoms with Crippen LogP contribution in [-0.4, -0.2) is 21.4 Å². The Bertz CT molecular complexity index is 197. The molecular weight excluding hydrogens is 132 g/mol. The Labute approximate surface area is 59.0 Å². The van der Waals surface area contributed by atoms with Crippen LogP contribution in [-0.2, 0) is 13.3 Å². The highest BCUT2D eigenvalue weighted by atomic mass is 16.3. The number of hydrogen-bond donors (Lipinski definition) is 2. The number of imidazole rings is 1. The Morgan fingerprint density at radius 1 is 1.40 bits per heavy atom. The van der Waals surface area contributed by atoms with E-state index in [1.165, 1.54) is 0 Å². The van der Waals surface area contributed by atoms with Gasteiger partial charge in [-0.3, -0.25) is 0 Å². The second-order valence-electron chi connectivity index (χ2n) is 2.03. The molecule has 0 aromatic carbocycles. The molecule has 0 saturated heterocycles. The highest BCUT2D eigenvalue weighted by Crippen LogP contribution is 1.79. The molecule has 56 valence electrons. The minimum absolute atomic E-state index is 0.0154. The summed E-state index contributed by atoms with van der Waals surface area (Å²) in [6.07, 6.45) is 5.28. The predicted molar refractivity (Wildman–Crippen MR) is 33.9 cm³/mol. The van der Waals surface area contributed by atoms with Crippen LogP contribution in [0.15, 0.2) is 18.7 Å². The molecule has 0 spiro atoms. The number of aliphatic hydroxyl groups is 2. The van der Waals surface area contributed by atoms with Gasteiger partial charge in [-0.05, 0) is 0 Å². The van der Waals surface area contributed by atoms with Crippen molar-refractivity contribution in [2.75, 3.05) is 6.61 Å². The summed E-state index contributed by atoms with van der Waals surface area (Å²) in [5.74, 6) is 0. The molecule has 10 heavy (non-hydrogen) atoms. The third-order valence-corrected chi connectivity index (χ3v) is 1.27. The topological polar surface area (TPSA) is 49.3 Å². The molecule has 1 rings (SSSR count). The van der Waals surface area contributed by atoms with Crippen LogP contribution in [0.1, 0.15) is 0 Å². The van der Waals surface area contributed by atoms with E-state index in [0.29, 0.717) is 6.54 Å². The minimum atomic E-state index is -0.0154. The van der Waals surface area contributed by atoms with Crippen molar-refractivity contribution >= 4 is 0 Å². The lowest BCUT2D eigenvalue weighted by atomic mass is 10.7. The van der Waals surface area contributed by atoms with Crippen molar-refractivity contribution in [3.8, 4) is 0 Å². The van der Waals surface area contributed by atoms with Crippen molar-refractivity contribution in [1.82, 2.24) is 4.57 Å². The molecule has 1 aromatic heterocycles. The Morgan fingerprint density at radius 3 is 2.70 bits per heavy atom. The lowest BCUT2D eigenvalue weighted by Gasteiger charge is -1.87. The SMILES string of the molecule is OCC[n+]1ccn(CO)c1. The van der Waals surface area contributed by atoms with Gasteiger partial charge < -0.3 is 10.2 Å². The van der Waals surface area contributed by atoms with Crippen molar-refractivity contribution < 1.29 is 14.8 Å². The van der Waals surface area contributed by atoms with Gasteiger partial charge in [-0.15, -0.1) is 0 Å². The first-order chi connectivity index (χ1) is 4.86. The molecule has 0 atom stereocenters. The van der Waals surface area contributed by atoms with Crippen molar-refractivity contribution in [3.05, 3.63) is 18.7 Å². The maximum Gasteiger partial charge on any atom is 0.245 e. The van der Waals surface area contributed by atoms with E-state index >= 15 is 0 Å². The van der Waals surface area contributed by atoms with Gasteiger partial charge in [-0.1, -0.05) is 0 Å². The number of aromatic nitrogens is 2. The van der Waals surface area contributed by atoms with E-state index in [-0.39, 0.29) is 13.3 Å². The van der Waals surface area contributed by atoms with Gasteiger partial charge in [-0.25, -0.2) is 9.13 Å². The van der Waals surface area contributed by atoms with E-state index in [2.05, 4.69) is 0 Å². The van der Waals surface area contributed by atoms with Crippen LogP contribution in [0.3, 0.4) is 0 Å². The maximum atomic E-state index is 8.61. The van der Waals surface area contributed by atoms with Crippen molar-refractivity contribution in [2.45, 2.75) is 13.3 Å². The zero-order valence-corrected chi connectivity index (χ0v) is 5.64. The first-order valence-electron chi connectivity index (χ1n) is 3.13. The summed E-state index contributed by atoms with van der Waals surface area (Å²) >= 11 is 0. The van der Waals surface area contributed by atoms with Gasteiger partial charge in [-0.2, -0.15) is 0 Å². The van der Waals surface area contributed by atoms with Gasteiger partial charge in [0, 0.05) is 0 Å². The molecule has 1 aromatic rings. The van der Waals surface area contributed by atoms with Gasteiger partial charge in [0.1, 0.15) is 18.9 Å². The van der Waals surface area contributed by atoms with Crippen LogP contribution in [0.4, 0.5) is 0 Å². The molecule has 0 amide bonds. The van der Waals surface area contributed by atoms with Crippen molar-refractivity contribution in [3.63, 3.8) is 0 Å². The molecule has 0 aliphatic rings. The number of aliphatic hydroxyl groups excluding tert-OH is 2. The monoisotopic (exact) mass is 143 g/mol. The fraction of sp³-hybridized carbons (Fsp3) is 0.500. The zero-order valence-electron chi connectivity index (χ0n) is 5.64. The average Bonchev–Trinajstić information content (AvgIpc) is 2.37. The van der Waals surface area contributed by atoms with Crippen molar-refractivity contribution in [1.29, 1.82) is 0 Å². The standard InChI is InChI=1S/C6H11N2O2/c9-4-3-7-1-2-8(5-7)6-10/h1-2,5,9-10H,3-4,6H2/q+1. The molecule has 1 heterocycles. The van der Waals surface area contributed by atoms with Crippen LogP contribution in [0.2, 0.25) is 0 Å². The Hall–Kier alpha value is -0.870. The first kappa shape index (κ1) is 7.24. The fourth-order valence-electron chi connectivity index (χ4n) is 0.770. The van der Waals surface area contributed by atoms with Crippen LogP contribution in [0, 0.1) is 0 Å². The number of nitrogens with zero attached hydrogens (tertiary/aromatic N) is 2. The van der Waals surface area contributed by atoms with E-state index in [9.17, 15) is 0 Å². The lowest BCUT2D eigenvalue weighted by Crippen LogP contribution is -2.32. The summed E-state index contributed by atoms with van der Waals surface area (Å²) in [5.41, 5.74) is 0. The van der Waals surface area contributed by atoms with Crippen LogP contribution >= 0.6 is 0 Å². The van der Waals surface area contributed by atoms with Gasteiger partial charge >= 0.3 is 0 Å². The molecule has 0 aliphatic heterocycles.